The highest BCUT2D eigenvalue weighted by Gasteiger charge is 2.46. The van der Waals surface area contributed by atoms with Gasteiger partial charge in [0, 0.05) is 32.3 Å². The first kappa shape index (κ1) is 25.3. The van der Waals surface area contributed by atoms with E-state index in [0.717, 1.165) is 40.2 Å². The van der Waals surface area contributed by atoms with Gasteiger partial charge in [0.25, 0.3) is 11.8 Å². The van der Waals surface area contributed by atoms with Crippen molar-refractivity contribution in [1.29, 1.82) is 0 Å². The van der Waals surface area contributed by atoms with E-state index in [4.69, 9.17) is 4.74 Å². The monoisotopic (exact) mass is 578 g/mol. The number of hydrogen-bond donors (Lipinski definition) is 4. The summed E-state index contributed by atoms with van der Waals surface area (Å²) in [7, 11) is 0. The average Bonchev–Trinajstić information content (AvgIpc) is 3.52. The lowest BCUT2D eigenvalue weighted by Gasteiger charge is -2.40. The third kappa shape index (κ3) is 3.13. The summed E-state index contributed by atoms with van der Waals surface area (Å²) in [6, 6.07) is 3.25. The first-order valence-corrected chi connectivity index (χ1v) is 12.7. The van der Waals surface area contributed by atoms with Gasteiger partial charge in [-0.1, -0.05) is 0 Å². The fourth-order valence-corrected chi connectivity index (χ4v) is 7.02. The van der Waals surface area contributed by atoms with Crippen molar-refractivity contribution in [3.63, 3.8) is 0 Å². The minimum atomic E-state index is -1.94. The standard InChI is InChI=1S/C26H15F5N2O6S/c27-5-13-20(34)21(35)22(36)26(39-13)33-12-3-10(30)8(28)1-6(12)15-17-18(25(38)32-24(17)37)16-7-2-9(29)11(31)4-14(7)40-23(16)19(15)33/h1-4,13,20-22,26,34-36H,5H2,(H,32,37,38). The van der Waals surface area contributed by atoms with E-state index in [2.05, 4.69) is 5.32 Å². The summed E-state index contributed by atoms with van der Waals surface area (Å²) in [5.74, 6) is -6.83. The minimum absolute atomic E-state index is 0.0303. The summed E-state index contributed by atoms with van der Waals surface area (Å²) in [6.45, 7) is -1.29. The van der Waals surface area contributed by atoms with Gasteiger partial charge in [-0.15, -0.1) is 11.3 Å². The number of aliphatic hydroxyl groups is 3. The normalized spacial score (nSPS) is 25.1. The molecule has 3 aromatic carbocycles. The number of alkyl halides is 1. The molecule has 14 heteroatoms. The Morgan fingerprint density at radius 2 is 1.43 bits per heavy atom. The van der Waals surface area contributed by atoms with Crippen LogP contribution >= 0.6 is 11.3 Å². The van der Waals surface area contributed by atoms with E-state index in [1.807, 2.05) is 0 Å². The number of ether oxygens (including phenoxy) is 1. The van der Waals surface area contributed by atoms with Crippen LogP contribution in [0.1, 0.15) is 26.9 Å². The van der Waals surface area contributed by atoms with Gasteiger partial charge in [-0.25, -0.2) is 22.0 Å². The maximum Gasteiger partial charge on any atom is 0.259 e. The van der Waals surface area contributed by atoms with Crippen molar-refractivity contribution in [1.82, 2.24) is 9.88 Å². The Morgan fingerprint density at radius 1 is 0.825 bits per heavy atom. The van der Waals surface area contributed by atoms with Crippen LogP contribution in [-0.4, -0.2) is 62.8 Å². The van der Waals surface area contributed by atoms with Gasteiger partial charge in [0.05, 0.1) is 26.9 Å². The third-order valence-electron chi connectivity index (χ3n) is 7.52. The number of nitrogens with one attached hydrogen (secondary N) is 1. The van der Waals surface area contributed by atoms with Crippen molar-refractivity contribution < 1.29 is 51.6 Å². The zero-order chi connectivity index (χ0) is 28.4. The van der Waals surface area contributed by atoms with Crippen molar-refractivity contribution in [2.24, 2.45) is 0 Å². The van der Waals surface area contributed by atoms with Crippen LogP contribution in [0.25, 0.3) is 42.0 Å². The summed E-state index contributed by atoms with van der Waals surface area (Å²) < 4.78 is 78.6. The number of carbonyl (C=O) groups excluding carboxylic acids is 2. The van der Waals surface area contributed by atoms with Crippen LogP contribution in [0.15, 0.2) is 24.3 Å². The predicted molar refractivity (Wildman–Crippen MR) is 132 cm³/mol. The Balaban J connectivity index is 1.74. The highest BCUT2D eigenvalue weighted by Crippen LogP contribution is 2.49. The topological polar surface area (TPSA) is 121 Å². The second kappa shape index (κ2) is 8.41. The van der Waals surface area contributed by atoms with Gasteiger partial charge in [-0.2, -0.15) is 0 Å². The molecule has 0 bridgehead atoms. The lowest BCUT2D eigenvalue weighted by Crippen LogP contribution is -2.56. The number of aliphatic hydroxyl groups excluding tert-OH is 3. The molecule has 4 N–H and O–H groups in total. The van der Waals surface area contributed by atoms with E-state index in [-0.39, 0.29) is 53.1 Å². The van der Waals surface area contributed by atoms with E-state index in [1.54, 1.807) is 0 Å². The van der Waals surface area contributed by atoms with E-state index in [9.17, 15) is 46.9 Å². The van der Waals surface area contributed by atoms with E-state index in [1.165, 1.54) is 0 Å². The highest BCUT2D eigenvalue weighted by atomic mass is 32.1. The first-order chi connectivity index (χ1) is 19.0. The molecule has 40 heavy (non-hydrogen) atoms. The molecule has 5 atom stereocenters. The number of benzene rings is 3. The fraction of sp³-hybridized carbons (Fsp3) is 0.231. The van der Waals surface area contributed by atoms with Gasteiger partial charge >= 0.3 is 0 Å². The average molecular weight is 578 g/mol. The predicted octanol–water partition coefficient (Wildman–Crippen LogP) is 3.55. The van der Waals surface area contributed by atoms with Gasteiger partial charge in [-0.05, 0) is 18.2 Å². The molecular weight excluding hydrogens is 563 g/mol. The summed E-state index contributed by atoms with van der Waals surface area (Å²) in [6.07, 6.45) is -9.06. The van der Waals surface area contributed by atoms with E-state index >= 15 is 0 Å². The number of halogens is 5. The van der Waals surface area contributed by atoms with Crippen molar-refractivity contribution >= 4 is 65.1 Å². The number of rotatable bonds is 2. The van der Waals surface area contributed by atoms with Crippen LogP contribution < -0.4 is 5.32 Å². The molecule has 2 amide bonds. The molecule has 206 valence electrons. The number of amides is 2. The first-order valence-electron chi connectivity index (χ1n) is 11.8. The molecular formula is C26H15F5N2O6S. The minimum Gasteiger partial charge on any atom is -0.387 e. The number of nitrogens with zero attached hydrogens (tertiary/aromatic N) is 1. The lowest BCUT2D eigenvalue weighted by atomic mass is 9.96. The molecule has 0 aliphatic carbocycles. The number of fused-ring (bicyclic) bond motifs is 10. The second-order valence-corrected chi connectivity index (χ2v) is 10.7. The quantitative estimate of drug-likeness (QED) is 0.188. The number of thiophene rings is 1. The molecule has 2 aliphatic rings. The second-order valence-electron chi connectivity index (χ2n) is 9.67. The molecule has 0 saturated carbocycles. The SMILES string of the molecule is O=C1NC(=O)c2c1c1c3cc(F)c(F)cc3sc1c1c2c2cc(F)c(F)cc2n1C1OC(CF)C(O)C(O)C1O. The van der Waals surface area contributed by atoms with Gasteiger partial charge < -0.3 is 24.6 Å². The van der Waals surface area contributed by atoms with Gasteiger partial charge in [0.1, 0.15) is 31.1 Å². The van der Waals surface area contributed by atoms with Crippen LogP contribution in [0.4, 0.5) is 22.0 Å². The van der Waals surface area contributed by atoms with Crippen LogP contribution in [0, 0.1) is 23.3 Å². The molecule has 8 nitrogen and oxygen atoms in total. The van der Waals surface area contributed by atoms with Gasteiger partial charge in [0.2, 0.25) is 0 Å². The third-order valence-corrected chi connectivity index (χ3v) is 8.68. The van der Waals surface area contributed by atoms with Crippen LogP contribution in [0.2, 0.25) is 0 Å². The molecule has 0 spiro atoms. The summed E-state index contributed by atoms with van der Waals surface area (Å²) in [4.78, 5) is 26.1. The highest BCUT2D eigenvalue weighted by molar-refractivity contribution is 7.26. The molecule has 1 saturated heterocycles. The van der Waals surface area contributed by atoms with Crippen LogP contribution in [-0.2, 0) is 4.74 Å². The van der Waals surface area contributed by atoms with Crippen LogP contribution in [0.5, 0.6) is 0 Å². The van der Waals surface area contributed by atoms with Crippen molar-refractivity contribution in [3.8, 4) is 0 Å². The molecule has 1 fully saturated rings. The summed E-state index contributed by atoms with van der Waals surface area (Å²) in [5.41, 5.74) is -0.669. The fourth-order valence-electron chi connectivity index (χ4n) is 5.76. The molecule has 5 unspecified atom stereocenters. The molecule has 5 aromatic rings. The van der Waals surface area contributed by atoms with Crippen molar-refractivity contribution in [3.05, 3.63) is 58.7 Å². The number of aromatic nitrogens is 1. The molecule has 2 aromatic heterocycles. The van der Waals surface area contributed by atoms with Gasteiger partial charge in [0.15, 0.2) is 29.5 Å². The molecule has 7 rings (SSSR count). The lowest BCUT2D eigenvalue weighted by molar-refractivity contribution is -0.245. The smallest absolute Gasteiger partial charge is 0.259 e. The Morgan fingerprint density at radius 3 is 2.10 bits per heavy atom. The largest absolute Gasteiger partial charge is 0.387 e. The summed E-state index contributed by atoms with van der Waals surface area (Å²) >= 11 is 0.865. The van der Waals surface area contributed by atoms with E-state index < -0.39 is 72.4 Å². The number of hydrogen-bond acceptors (Lipinski definition) is 7. The Kier molecular flexibility index (Phi) is 5.32. The van der Waals surface area contributed by atoms with Crippen LogP contribution in [0.3, 0.4) is 0 Å². The zero-order valence-electron chi connectivity index (χ0n) is 19.7. The summed E-state index contributed by atoms with van der Waals surface area (Å²) in [5, 5.41) is 33.7. The number of imide groups is 1. The van der Waals surface area contributed by atoms with Gasteiger partial charge in [-0.3, -0.25) is 14.9 Å². The van der Waals surface area contributed by atoms with Crippen molar-refractivity contribution in [2.75, 3.05) is 6.67 Å². The zero-order valence-corrected chi connectivity index (χ0v) is 20.5. The Hall–Kier alpha value is -3.69. The number of carbonyl (C=O) groups is 2. The maximum atomic E-state index is 14.6. The maximum absolute atomic E-state index is 14.6. The molecule has 0 radical (unpaired) electrons. The van der Waals surface area contributed by atoms with E-state index in [0.29, 0.717) is 0 Å². The van der Waals surface area contributed by atoms with Crippen molar-refractivity contribution in [2.45, 2.75) is 30.6 Å². The molecule has 2 aliphatic heterocycles. The Bertz CT molecular complexity index is 1970. The molecule has 4 heterocycles. The Labute approximate surface area is 222 Å².